The molecule has 2 nitrogen and oxygen atoms in total. The highest BCUT2D eigenvalue weighted by Gasteiger charge is 2.14. The van der Waals surface area contributed by atoms with Crippen molar-refractivity contribution >= 4 is 35.6 Å². The lowest BCUT2D eigenvalue weighted by Crippen LogP contribution is -2.10. The average Bonchev–Trinajstić information content (AvgIpc) is 2.19. The second-order valence-corrected chi connectivity index (χ2v) is 4.14. The van der Waals surface area contributed by atoms with Crippen LogP contribution in [0.2, 0.25) is 10.0 Å². The molecule has 1 aromatic rings. The number of aromatic hydroxyl groups is 1. The number of phenolic OH excluding ortho intramolecular Hbond substituents is 1. The summed E-state index contributed by atoms with van der Waals surface area (Å²) in [5.74, 6) is 0.0117. The first kappa shape index (κ1) is 15.6. The van der Waals surface area contributed by atoms with E-state index in [0.29, 0.717) is 17.0 Å². The van der Waals surface area contributed by atoms with Crippen LogP contribution >= 0.6 is 35.6 Å². The minimum atomic E-state index is -0.279. The third-order valence-corrected chi connectivity index (χ3v) is 2.65. The van der Waals surface area contributed by atoms with Crippen molar-refractivity contribution < 1.29 is 5.11 Å². The maximum atomic E-state index is 9.70. The van der Waals surface area contributed by atoms with Gasteiger partial charge in [0.1, 0.15) is 5.75 Å². The lowest BCUT2D eigenvalue weighted by Gasteiger charge is -2.14. The maximum absolute atomic E-state index is 9.70. The zero-order valence-corrected chi connectivity index (χ0v) is 10.9. The van der Waals surface area contributed by atoms with E-state index in [0.717, 1.165) is 6.42 Å². The minimum absolute atomic E-state index is 0. The first-order valence-corrected chi connectivity index (χ1v) is 5.36. The fraction of sp³-hybridized carbons (Fsp3) is 0.273. The molecule has 1 aromatic carbocycles. The molecule has 0 aliphatic heterocycles. The Morgan fingerprint density at radius 1 is 1.44 bits per heavy atom. The van der Waals surface area contributed by atoms with Crippen molar-refractivity contribution in [3.8, 4) is 5.75 Å². The molecule has 0 spiro atoms. The Balaban J connectivity index is 0.00000225. The van der Waals surface area contributed by atoms with Crippen LogP contribution in [-0.4, -0.2) is 5.11 Å². The van der Waals surface area contributed by atoms with Crippen LogP contribution in [0.15, 0.2) is 24.8 Å². The summed E-state index contributed by atoms with van der Waals surface area (Å²) in [5, 5.41) is 10.4. The zero-order chi connectivity index (χ0) is 11.4. The number of benzene rings is 1. The highest BCUT2D eigenvalue weighted by Crippen LogP contribution is 2.35. The monoisotopic (exact) mass is 281 g/mol. The molecule has 16 heavy (non-hydrogen) atoms. The van der Waals surface area contributed by atoms with E-state index in [1.807, 2.05) is 0 Å². The number of allylic oxidation sites excluding steroid dienone is 1. The molecule has 0 aliphatic rings. The van der Waals surface area contributed by atoms with Gasteiger partial charge in [-0.3, -0.25) is 0 Å². The maximum Gasteiger partial charge on any atom is 0.139 e. The molecule has 3 N–H and O–H groups in total. The third kappa shape index (κ3) is 3.87. The number of hydrogen-bond acceptors (Lipinski definition) is 2. The van der Waals surface area contributed by atoms with Gasteiger partial charge in [-0.25, -0.2) is 0 Å². The van der Waals surface area contributed by atoms with Crippen LogP contribution in [0.25, 0.3) is 0 Å². The molecule has 0 unspecified atom stereocenters. The quantitative estimate of drug-likeness (QED) is 0.817. The fourth-order valence-corrected chi connectivity index (χ4v) is 1.83. The number of hydrogen-bond donors (Lipinski definition) is 2. The Kier molecular flexibility index (Phi) is 6.84. The van der Waals surface area contributed by atoms with Crippen molar-refractivity contribution in [1.82, 2.24) is 0 Å². The lowest BCUT2D eigenvalue weighted by atomic mass is 10.0. The minimum Gasteiger partial charge on any atom is -0.506 e. The molecular weight excluding hydrogens is 268 g/mol. The van der Waals surface area contributed by atoms with Crippen LogP contribution in [-0.2, 0) is 0 Å². The van der Waals surface area contributed by atoms with E-state index >= 15 is 0 Å². The van der Waals surface area contributed by atoms with Crippen molar-refractivity contribution in [2.45, 2.75) is 18.9 Å². The molecule has 0 fully saturated rings. The number of halogens is 3. The van der Waals surface area contributed by atoms with E-state index in [1.165, 1.54) is 6.07 Å². The summed E-state index contributed by atoms with van der Waals surface area (Å²) < 4.78 is 0. The number of phenols is 1. The third-order valence-electron chi connectivity index (χ3n) is 2.14. The van der Waals surface area contributed by atoms with E-state index in [-0.39, 0.29) is 29.2 Å². The van der Waals surface area contributed by atoms with Gasteiger partial charge >= 0.3 is 0 Å². The van der Waals surface area contributed by atoms with Crippen molar-refractivity contribution in [2.24, 2.45) is 5.73 Å². The van der Waals surface area contributed by atoms with Crippen LogP contribution < -0.4 is 5.73 Å². The summed E-state index contributed by atoms with van der Waals surface area (Å²) in [4.78, 5) is 0. The molecule has 0 saturated heterocycles. The van der Waals surface area contributed by atoms with Crippen LogP contribution in [0.4, 0.5) is 0 Å². The summed E-state index contributed by atoms with van der Waals surface area (Å²) in [6, 6.07) is 2.85. The van der Waals surface area contributed by atoms with Crippen LogP contribution in [0.3, 0.4) is 0 Å². The van der Waals surface area contributed by atoms with Gasteiger partial charge < -0.3 is 10.8 Å². The van der Waals surface area contributed by atoms with Gasteiger partial charge in [0, 0.05) is 16.6 Å². The Morgan fingerprint density at radius 2 is 2.06 bits per heavy atom. The molecular formula is C11H14Cl3NO. The van der Waals surface area contributed by atoms with Gasteiger partial charge in [-0.1, -0.05) is 29.3 Å². The van der Waals surface area contributed by atoms with E-state index in [4.69, 9.17) is 28.9 Å². The lowest BCUT2D eigenvalue weighted by molar-refractivity contribution is 0.459. The van der Waals surface area contributed by atoms with Gasteiger partial charge in [0.25, 0.3) is 0 Å². The summed E-state index contributed by atoms with van der Waals surface area (Å²) in [6.45, 7) is 3.61. The molecule has 0 saturated carbocycles. The molecule has 0 heterocycles. The molecule has 0 amide bonds. The van der Waals surface area contributed by atoms with Gasteiger partial charge in [-0.2, -0.15) is 0 Å². The molecule has 5 heteroatoms. The van der Waals surface area contributed by atoms with Gasteiger partial charge in [0.2, 0.25) is 0 Å². The van der Waals surface area contributed by atoms with Crippen molar-refractivity contribution in [3.05, 3.63) is 40.4 Å². The highest BCUT2D eigenvalue weighted by molar-refractivity contribution is 6.35. The SMILES string of the molecule is C=CCC[C@@H](N)c1cc(Cl)cc(Cl)c1O.Cl. The molecule has 0 radical (unpaired) electrons. The number of rotatable bonds is 4. The van der Waals surface area contributed by atoms with E-state index in [2.05, 4.69) is 6.58 Å². The highest BCUT2D eigenvalue weighted by atomic mass is 35.5. The normalized spacial score (nSPS) is 11.7. The molecule has 0 aliphatic carbocycles. The van der Waals surface area contributed by atoms with Crippen molar-refractivity contribution in [2.75, 3.05) is 0 Å². The Labute approximate surface area is 111 Å². The molecule has 90 valence electrons. The standard InChI is InChI=1S/C11H13Cl2NO.ClH/c1-2-3-4-10(14)8-5-7(12)6-9(13)11(8)15;/h2,5-6,10,15H,1,3-4,14H2;1H/t10-;/m1./s1. The smallest absolute Gasteiger partial charge is 0.139 e. The Morgan fingerprint density at radius 3 is 2.62 bits per heavy atom. The predicted octanol–water partition coefficient (Wildman–Crippen LogP) is 4.09. The van der Waals surface area contributed by atoms with Gasteiger partial charge in [0.05, 0.1) is 5.02 Å². The second-order valence-electron chi connectivity index (χ2n) is 3.30. The van der Waals surface area contributed by atoms with Crippen LogP contribution in [0, 0.1) is 0 Å². The summed E-state index contributed by atoms with van der Waals surface area (Å²) in [5.41, 5.74) is 6.47. The Hall–Kier alpha value is -0.410. The van der Waals surface area contributed by atoms with E-state index in [1.54, 1.807) is 12.1 Å². The van der Waals surface area contributed by atoms with Gasteiger partial charge in [0.15, 0.2) is 0 Å². The van der Waals surface area contributed by atoms with Gasteiger partial charge in [-0.15, -0.1) is 19.0 Å². The summed E-state index contributed by atoms with van der Waals surface area (Å²) in [7, 11) is 0. The van der Waals surface area contributed by atoms with E-state index < -0.39 is 0 Å². The summed E-state index contributed by atoms with van der Waals surface area (Å²) in [6.07, 6.45) is 3.27. The summed E-state index contributed by atoms with van der Waals surface area (Å²) >= 11 is 11.6. The van der Waals surface area contributed by atoms with Crippen LogP contribution in [0.1, 0.15) is 24.4 Å². The van der Waals surface area contributed by atoms with Gasteiger partial charge in [-0.05, 0) is 25.0 Å². The first-order chi connectivity index (χ1) is 7.06. The van der Waals surface area contributed by atoms with Crippen molar-refractivity contribution in [3.63, 3.8) is 0 Å². The molecule has 0 bridgehead atoms. The van der Waals surface area contributed by atoms with E-state index in [9.17, 15) is 5.11 Å². The second kappa shape index (κ2) is 7.02. The average molecular weight is 283 g/mol. The molecule has 0 aromatic heterocycles. The largest absolute Gasteiger partial charge is 0.506 e. The zero-order valence-electron chi connectivity index (χ0n) is 8.62. The predicted molar refractivity (Wildman–Crippen MR) is 71.7 cm³/mol. The Bertz CT molecular complexity index is 368. The molecule has 1 atom stereocenters. The molecule has 1 rings (SSSR count). The fourth-order valence-electron chi connectivity index (χ4n) is 1.32. The van der Waals surface area contributed by atoms with Crippen molar-refractivity contribution in [1.29, 1.82) is 0 Å². The number of nitrogens with two attached hydrogens (primary N) is 1. The first-order valence-electron chi connectivity index (χ1n) is 4.60. The topological polar surface area (TPSA) is 46.2 Å². The van der Waals surface area contributed by atoms with Crippen LogP contribution in [0.5, 0.6) is 5.75 Å².